The Bertz CT molecular complexity index is 555. The first-order chi connectivity index (χ1) is 8.97. The Morgan fingerprint density at radius 1 is 1.21 bits per heavy atom. The molecule has 2 rings (SSSR count). The third-order valence-electron chi connectivity index (χ3n) is 2.43. The van der Waals surface area contributed by atoms with Crippen molar-refractivity contribution in [3.8, 4) is 0 Å². The summed E-state index contributed by atoms with van der Waals surface area (Å²) in [4.78, 5) is 7.58. The van der Waals surface area contributed by atoms with Crippen molar-refractivity contribution in [2.45, 2.75) is 12.7 Å². The maximum atomic E-state index is 12.5. The number of nitrogens with one attached hydrogen (secondary N) is 1. The van der Waals surface area contributed by atoms with Crippen LogP contribution in [0.25, 0.3) is 0 Å². The molecule has 3 N–H and O–H groups in total. The van der Waals surface area contributed by atoms with Crippen molar-refractivity contribution in [3.05, 3.63) is 47.9 Å². The summed E-state index contributed by atoms with van der Waals surface area (Å²) >= 11 is 0. The quantitative estimate of drug-likeness (QED) is 0.898. The van der Waals surface area contributed by atoms with Gasteiger partial charge in [0.25, 0.3) is 0 Å². The summed E-state index contributed by atoms with van der Waals surface area (Å²) in [6.45, 7) is 0.272. The van der Waals surface area contributed by atoms with Crippen LogP contribution < -0.4 is 11.1 Å². The number of hydrogen-bond acceptors (Lipinski definition) is 4. The van der Waals surface area contributed by atoms with Crippen LogP contribution in [0.4, 0.5) is 24.7 Å². The highest BCUT2D eigenvalue weighted by Crippen LogP contribution is 2.31. The van der Waals surface area contributed by atoms with E-state index in [0.717, 1.165) is 6.07 Å². The van der Waals surface area contributed by atoms with E-state index in [1.54, 1.807) is 24.4 Å². The highest BCUT2D eigenvalue weighted by Gasteiger charge is 2.31. The number of rotatable bonds is 3. The van der Waals surface area contributed by atoms with E-state index in [0.29, 0.717) is 11.9 Å². The molecule has 0 aliphatic rings. The fraction of sp³-hybridized carbons (Fsp3) is 0.167. The smallest absolute Gasteiger partial charge is 0.382 e. The third-order valence-corrected chi connectivity index (χ3v) is 2.43. The van der Waals surface area contributed by atoms with Crippen molar-refractivity contribution in [2.24, 2.45) is 0 Å². The van der Waals surface area contributed by atoms with E-state index in [1.165, 1.54) is 0 Å². The highest BCUT2D eigenvalue weighted by molar-refractivity contribution is 5.62. The van der Waals surface area contributed by atoms with Crippen molar-refractivity contribution in [1.82, 2.24) is 9.97 Å². The lowest BCUT2D eigenvalue weighted by Crippen LogP contribution is -2.10. The zero-order chi connectivity index (χ0) is 13.9. The number of hydrogen-bond donors (Lipinski definition) is 2. The van der Waals surface area contributed by atoms with Gasteiger partial charge >= 0.3 is 6.18 Å². The van der Waals surface area contributed by atoms with E-state index >= 15 is 0 Å². The van der Waals surface area contributed by atoms with E-state index in [-0.39, 0.29) is 18.1 Å². The predicted molar refractivity (Wildman–Crippen MR) is 65.2 cm³/mol. The van der Waals surface area contributed by atoms with Gasteiger partial charge in [0.1, 0.15) is 5.82 Å². The van der Waals surface area contributed by atoms with E-state index in [2.05, 4.69) is 15.3 Å². The molecule has 0 aliphatic heterocycles. The molecule has 7 heteroatoms. The minimum Gasteiger partial charge on any atom is -0.382 e. The van der Waals surface area contributed by atoms with Gasteiger partial charge in [0.2, 0.25) is 0 Å². The van der Waals surface area contributed by atoms with Gasteiger partial charge in [0, 0.05) is 12.4 Å². The van der Waals surface area contributed by atoms with Crippen molar-refractivity contribution < 1.29 is 13.2 Å². The number of pyridine rings is 2. The van der Waals surface area contributed by atoms with Crippen LogP contribution in [0.2, 0.25) is 0 Å². The summed E-state index contributed by atoms with van der Waals surface area (Å²) in [7, 11) is 0. The van der Waals surface area contributed by atoms with Crippen LogP contribution in [0.5, 0.6) is 0 Å². The van der Waals surface area contributed by atoms with Crippen molar-refractivity contribution >= 4 is 11.5 Å². The molecule has 19 heavy (non-hydrogen) atoms. The van der Waals surface area contributed by atoms with Crippen LogP contribution in [0.3, 0.4) is 0 Å². The molecule has 2 aromatic rings. The maximum absolute atomic E-state index is 12.5. The highest BCUT2D eigenvalue weighted by atomic mass is 19.4. The summed E-state index contributed by atoms with van der Waals surface area (Å²) in [6.07, 6.45) is -2.13. The van der Waals surface area contributed by atoms with E-state index in [4.69, 9.17) is 5.73 Å². The fourth-order valence-electron chi connectivity index (χ4n) is 1.46. The lowest BCUT2D eigenvalue weighted by atomic mass is 10.2. The second kappa shape index (κ2) is 5.13. The van der Waals surface area contributed by atoms with Crippen LogP contribution in [0.15, 0.2) is 36.7 Å². The first-order valence-corrected chi connectivity index (χ1v) is 5.43. The Labute approximate surface area is 107 Å². The molecule has 0 unspecified atom stereocenters. The number of nitrogens with zero attached hydrogens (tertiary/aromatic N) is 2. The molecule has 0 radical (unpaired) electrons. The van der Waals surface area contributed by atoms with Crippen LogP contribution in [-0.2, 0) is 12.7 Å². The number of alkyl halides is 3. The van der Waals surface area contributed by atoms with Gasteiger partial charge in [-0.25, -0.2) is 4.98 Å². The van der Waals surface area contributed by atoms with Gasteiger partial charge in [-0.15, -0.1) is 0 Å². The average molecular weight is 268 g/mol. The second-order valence-electron chi connectivity index (χ2n) is 3.83. The minimum absolute atomic E-state index is 0.0175. The molecule has 0 atom stereocenters. The number of nitrogens with two attached hydrogens (primary N) is 1. The lowest BCUT2D eigenvalue weighted by Gasteiger charge is -2.11. The minimum atomic E-state index is -4.44. The topological polar surface area (TPSA) is 63.8 Å². The molecular weight excluding hydrogens is 257 g/mol. The van der Waals surface area contributed by atoms with Gasteiger partial charge in [-0.1, -0.05) is 6.07 Å². The number of halogens is 3. The van der Waals surface area contributed by atoms with Gasteiger partial charge in [-0.05, 0) is 18.2 Å². The molecule has 0 aliphatic carbocycles. The molecule has 0 saturated carbocycles. The van der Waals surface area contributed by atoms with Crippen molar-refractivity contribution in [3.63, 3.8) is 0 Å². The standard InChI is InChI=1S/C12H11F3N4/c13-12(14,15)8-5-10(11(16)19-6-8)18-7-9-3-1-2-4-17-9/h1-6,18H,7H2,(H2,16,19). The van der Waals surface area contributed by atoms with Gasteiger partial charge < -0.3 is 11.1 Å². The van der Waals surface area contributed by atoms with Crippen LogP contribution in [0.1, 0.15) is 11.3 Å². The molecule has 2 heterocycles. The number of aromatic nitrogens is 2. The number of nitrogen functional groups attached to an aromatic ring is 1. The normalized spacial score (nSPS) is 11.3. The van der Waals surface area contributed by atoms with E-state index in [1.807, 2.05) is 0 Å². The molecule has 0 aromatic carbocycles. The Kier molecular flexibility index (Phi) is 3.55. The van der Waals surface area contributed by atoms with Crippen LogP contribution >= 0.6 is 0 Å². The van der Waals surface area contributed by atoms with E-state index in [9.17, 15) is 13.2 Å². The molecule has 100 valence electrons. The van der Waals surface area contributed by atoms with Gasteiger partial charge in [-0.2, -0.15) is 13.2 Å². The molecule has 0 amide bonds. The summed E-state index contributed by atoms with van der Waals surface area (Å²) in [5.41, 5.74) is 5.53. The lowest BCUT2D eigenvalue weighted by molar-refractivity contribution is -0.137. The first kappa shape index (κ1) is 13.1. The van der Waals surface area contributed by atoms with Gasteiger partial charge in [-0.3, -0.25) is 4.98 Å². The fourth-order valence-corrected chi connectivity index (χ4v) is 1.46. The van der Waals surface area contributed by atoms with Crippen molar-refractivity contribution in [2.75, 3.05) is 11.1 Å². The summed E-state index contributed by atoms with van der Waals surface area (Å²) < 4.78 is 37.6. The molecule has 0 fully saturated rings. The van der Waals surface area contributed by atoms with Crippen LogP contribution in [0, 0.1) is 0 Å². The molecule has 2 aromatic heterocycles. The Balaban J connectivity index is 2.16. The zero-order valence-corrected chi connectivity index (χ0v) is 9.78. The van der Waals surface area contributed by atoms with Crippen molar-refractivity contribution in [1.29, 1.82) is 0 Å². The first-order valence-electron chi connectivity index (χ1n) is 5.43. The molecular formula is C12H11F3N4. The Hall–Kier alpha value is -2.31. The van der Waals surface area contributed by atoms with Crippen LogP contribution in [-0.4, -0.2) is 9.97 Å². The zero-order valence-electron chi connectivity index (χ0n) is 9.78. The maximum Gasteiger partial charge on any atom is 0.417 e. The van der Waals surface area contributed by atoms with Gasteiger partial charge in [0.15, 0.2) is 0 Å². The summed E-state index contributed by atoms with van der Waals surface area (Å²) in [5, 5.41) is 2.79. The summed E-state index contributed by atoms with van der Waals surface area (Å²) in [5.74, 6) is 0.0175. The molecule has 0 saturated heterocycles. The second-order valence-corrected chi connectivity index (χ2v) is 3.83. The average Bonchev–Trinajstić information content (AvgIpc) is 2.37. The Morgan fingerprint density at radius 3 is 2.63 bits per heavy atom. The Morgan fingerprint density at radius 2 is 2.00 bits per heavy atom. The van der Waals surface area contributed by atoms with E-state index < -0.39 is 11.7 Å². The SMILES string of the molecule is Nc1ncc(C(F)(F)F)cc1NCc1ccccn1. The molecule has 0 bridgehead atoms. The molecule has 0 spiro atoms. The monoisotopic (exact) mass is 268 g/mol. The van der Waals surface area contributed by atoms with Gasteiger partial charge in [0.05, 0.1) is 23.5 Å². The number of anilines is 2. The predicted octanol–water partition coefficient (Wildman–Crippen LogP) is 2.69. The largest absolute Gasteiger partial charge is 0.417 e. The molecule has 4 nitrogen and oxygen atoms in total. The third kappa shape index (κ3) is 3.34. The summed E-state index contributed by atoms with van der Waals surface area (Å²) in [6, 6.07) is 6.23.